The molecule has 66 valence electrons. The van der Waals surface area contributed by atoms with Gasteiger partial charge in [0.25, 0.3) is 12.0 Å². The van der Waals surface area contributed by atoms with Crippen LogP contribution < -0.4 is 0 Å². The second kappa shape index (κ2) is 2.93. The van der Waals surface area contributed by atoms with Crippen LogP contribution in [0.25, 0.3) is 11.2 Å². The van der Waals surface area contributed by atoms with Crippen molar-refractivity contribution in [1.29, 1.82) is 0 Å². The molecule has 5 nitrogen and oxygen atoms in total. The fourth-order valence-electron chi connectivity index (χ4n) is 1.08. The zero-order chi connectivity index (χ0) is 9.26. The van der Waals surface area contributed by atoms with Gasteiger partial charge in [-0.3, -0.25) is 4.58 Å². The Morgan fingerprint density at radius 2 is 2.31 bits per heavy atom. The number of pyridine rings is 1. The summed E-state index contributed by atoms with van der Waals surface area (Å²) in [6.45, 7) is 0. The molecule has 0 bridgehead atoms. The number of rotatable bonds is 1. The number of aromatic nitrogens is 4. The maximum Gasteiger partial charge on any atom is 0.277 e. The van der Waals surface area contributed by atoms with Crippen LogP contribution in [-0.4, -0.2) is 45.0 Å². The van der Waals surface area contributed by atoms with Crippen LogP contribution in [0.5, 0.6) is 0 Å². The van der Waals surface area contributed by atoms with Crippen molar-refractivity contribution in [3.8, 4) is 0 Å². The highest BCUT2D eigenvalue weighted by Crippen LogP contribution is 2.03. The lowest BCUT2D eigenvalue weighted by Crippen LogP contribution is -2.09. The average molecular weight is 176 g/mol. The molecule has 0 saturated heterocycles. The molecule has 0 atom stereocenters. The van der Waals surface area contributed by atoms with E-state index in [1.807, 2.05) is 37.1 Å². The van der Waals surface area contributed by atoms with Gasteiger partial charge in [-0.2, -0.15) is 0 Å². The van der Waals surface area contributed by atoms with Gasteiger partial charge < -0.3 is 0 Å². The molecule has 0 aromatic carbocycles. The summed E-state index contributed by atoms with van der Waals surface area (Å²) in [5.41, 5.74) is 1.58. The van der Waals surface area contributed by atoms with Crippen LogP contribution in [0, 0.1) is 0 Å². The average Bonchev–Trinajstić information content (AvgIpc) is 2.48. The molecular weight excluding hydrogens is 166 g/mol. The van der Waals surface area contributed by atoms with Crippen molar-refractivity contribution >= 4 is 17.5 Å². The molecule has 0 aliphatic rings. The van der Waals surface area contributed by atoms with Gasteiger partial charge in [0.15, 0.2) is 5.52 Å². The second-order valence-corrected chi connectivity index (χ2v) is 2.96. The van der Waals surface area contributed by atoms with Gasteiger partial charge in [0.05, 0.1) is 14.1 Å². The number of hydrogen-bond acceptors (Lipinski definition) is 3. The van der Waals surface area contributed by atoms with Crippen LogP contribution in [0.15, 0.2) is 18.3 Å². The second-order valence-electron chi connectivity index (χ2n) is 2.96. The largest absolute Gasteiger partial charge is 0.277 e. The number of hydrogen-bond donors (Lipinski definition) is 0. The summed E-state index contributed by atoms with van der Waals surface area (Å²) >= 11 is 0. The van der Waals surface area contributed by atoms with Crippen LogP contribution in [0.3, 0.4) is 0 Å². The number of fused-ring (bicyclic) bond motifs is 1. The van der Waals surface area contributed by atoms with Crippen LogP contribution >= 0.6 is 0 Å². The lowest BCUT2D eigenvalue weighted by Gasteiger charge is -1.86. The Morgan fingerprint density at radius 3 is 3.08 bits per heavy atom. The first-order valence-electron chi connectivity index (χ1n) is 3.95. The van der Waals surface area contributed by atoms with E-state index in [1.165, 1.54) is 0 Å². The number of nitrogens with zero attached hydrogens (tertiary/aromatic N) is 5. The summed E-state index contributed by atoms with van der Waals surface area (Å²) in [5.74, 6) is 0. The maximum atomic E-state index is 4.17. The summed E-state index contributed by atoms with van der Waals surface area (Å²) in [6, 6.07) is 3.73. The molecule has 2 rings (SSSR count). The molecule has 0 saturated carbocycles. The van der Waals surface area contributed by atoms with Gasteiger partial charge in [0.1, 0.15) is 0 Å². The fraction of sp³-hybridized carbons (Fsp3) is 0.250. The smallest absolute Gasteiger partial charge is 0.271 e. The lowest BCUT2D eigenvalue weighted by atomic mass is 10.4. The Morgan fingerprint density at radius 1 is 1.46 bits per heavy atom. The monoisotopic (exact) mass is 176 g/mol. The van der Waals surface area contributed by atoms with Gasteiger partial charge in [0, 0.05) is 11.4 Å². The van der Waals surface area contributed by atoms with Gasteiger partial charge in [-0.1, -0.05) is 4.68 Å². The SMILES string of the molecule is C[N+](C)=Cn1nnc2cccnc21. The Balaban J connectivity index is 2.65. The van der Waals surface area contributed by atoms with Crippen LogP contribution in [0.4, 0.5) is 0 Å². The maximum absolute atomic E-state index is 4.17. The zero-order valence-electron chi connectivity index (χ0n) is 7.55. The Hall–Kier alpha value is -1.78. The van der Waals surface area contributed by atoms with Crippen molar-refractivity contribution < 1.29 is 4.58 Å². The molecular formula is C8H10N5+. The predicted molar refractivity (Wildman–Crippen MR) is 48.9 cm³/mol. The van der Waals surface area contributed by atoms with Crippen molar-refractivity contribution in [2.24, 2.45) is 0 Å². The molecule has 2 aromatic rings. The van der Waals surface area contributed by atoms with E-state index in [2.05, 4.69) is 15.3 Å². The van der Waals surface area contributed by atoms with Gasteiger partial charge in [0.2, 0.25) is 0 Å². The van der Waals surface area contributed by atoms with Gasteiger partial charge in [-0.05, 0) is 12.1 Å². The van der Waals surface area contributed by atoms with Crippen molar-refractivity contribution in [1.82, 2.24) is 20.0 Å². The fourth-order valence-corrected chi connectivity index (χ4v) is 1.08. The minimum Gasteiger partial charge on any atom is -0.271 e. The Kier molecular flexibility index (Phi) is 1.77. The van der Waals surface area contributed by atoms with Crippen molar-refractivity contribution in [2.75, 3.05) is 14.1 Å². The van der Waals surface area contributed by atoms with Gasteiger partial charge in [-0.15, -0.1) is 5.10 Å². The van der Waals surface area contributed by atoms with Crippen LogP contribution in [0.2, 0.25) is 0 Å². The molecule has 0 amide bonds. The summed E-state index contributed by atoms with van der Waals surface area (Å²) < 4.78 is 3.54. The van der Waals surface area contributed by atoms with Crippen LogP contribution in [0.1, 0.15) is 0 Å². The van der Waals surface area contributed by atoms with E-state index in [9.17, 15) is 0 Å². The molecule has 2 heterocycles. The highest BCUT2D eigenvalue weighted by atomic mass is 15.4. The summed E-state index contributed by atoms with van der Waals surface area (Å²) in [7, 11) is 3.85. The standard InChI is InChI=1S/C8H10N5/c1-12(2)6-13-8-7(10-11-13)4-3-5-9-8/h3-6H,1-2H3/q+1. The minimum absolute atomic E-state index is 0.774. The molecule has 0 fully saturated rings. The molecule has 5 heteroatoms. The van der Waals surface area contributed by atoms with Gasteiger partial charge in [-0.25, -0.2) is 4.98 Å². The molecule has 0 unspecified atom stereocenters. The van der Waals surface area contributed by atoms with Gasteiger partial charge >= 0.3 is 0 Å². The summed E-state index contributed by atoms with van der Waals surface area (Å²) in [6.07, 6.45) is 3.55. The first-order chi connectivity index (χ1) is 6.27. The van der Waals surface area contributed by atoms with E-state index in [0.717, 1.165) is 11.2 Å². The molecule has 2 aromatic heterocycles. The van der Waals surface area contributed by atoms with E-state index >= 15 is 0 Å². The molecule has 0 aliphatic heterocycles. The highest BCUT2D eigenvalue weighted by molar-refractivity contribution is 5.75. The van der Waals surface area contributed by atoms with Crippen molar-refractivity contribution in [3.63, 3.8) is 0 Å². The first kappa shape index (κ1) is 7.85. The van der Waals surface area contributed by atoms with E-state index in [0.29, 0.717) is 0 Å². The molecule has 0 radical (unpaired) electrons. The Bertz CT molecular complexity index is 452. The third-order valence-corrected chi connectivity index (χ3v) is 1.57. The van der Waals surface area contributed by atoms with E-state index in [1.54, 1.807) is 10.9 Å². The third kappa shape index (κ3) is 1.40. The summed E-state index contributed by atoms with van der Waals surface area (Å²) in [5, 5.41) is 7.91. The third-order valence-electron chi connectivity index (χ3n) is 1.57. The lowest BCUT2D eigenvalue weighted by molar-refractivity contribution is -0.461. The van der Waals surface area contributed by atoms with Crippen LogP contribution in [-0.2, 0) is 0 Å². The van der Waals surface area contributed by atoms with Crippen molar-refractivity contribution in [2.45, 2.75) is 0 Å². The zero-order valence-corrected chi connectivity index (χ0v) is 7.55. The minimum atomic E-state index is 0.774. The first-order valence-corrected chi connectivity index (χ1v) is 3.95. The highest BCUT2D eigenvalue weighted by Gasteiger charge is 2.08. The molecule has 13 heavy (non-hydrogen) atoms. The van der Waals surface area contributed by atoms with E-state index < -0.39 is 0 Å². The normalized spacial score (nSPS) is 10.3. The predicted octanol–water partition coefficient (Wildman–Crippen LogP) is -0.0252. The molecule has 0 N–H and O–H groups in total. The topological polar surface area (TPSA) is 46.6 Å². The molecule has 0 spiro atoms. The quantitative estimate of drug-likeness (QED) is 0.348. The summed E-state index contributed by atoms with van der Waals surface area (Å²) in [4.78, 5) is 4.17. The van der Waals surface area contributed by atoms with E-state index in [-0.39, 0.29) is 0 Å². The van der Waals surface area contributed by atoms with E-state index in [4.69, 9.17) is 0 Å². The van der Waals surface area contributed by atoms with Crippen molar-refractivity contribution in [3.05, 3.63) is 18.3 Å². The molecule has 0 aliphatic carbocycles. The Labute approximate surface area is 75.3 Å².